The van der Waals surface area contributed by atoms with Crippen molar-refractivity contribution in [1.29, 1.82) is 0 Å². The van der Waals surface area contributed by atoms with Crippen molar-refractivity contribution in [3.05, 3.63) is 89.5 Å². The number of fused-ring (bicyclic) bond motifs is 1. The molecule has 1 aromatic carbocycles. The van der Waals surface area contributed by atoms with Crippen molar-refractivity contribution in [3.63, 3.8) is 0 Å². The molecule has 0 unspecified atom stereocenters. The number of halogens is 1. The number of rotatable bonds is 4. The predicted molar refractivity (Wildman–Crippen MR) is 127 cm³/mol. The molecular formula is C26H23FN6O. The summed E-state index contributed by atoms with van der Waals surface area (Å²) in [5, 5.41) is 0. The van der Waals surface area contributed by atoms with Gasteiger partial charge in [0.05, 0.1) is 17.0 Å². The maximum atomic E-state index is 15.3. The third kappa shape index (κ3) is 3.98. The molecule has 1 aliphatic rings. The number of carbonyl (C=O) groups is 1. The highest BCUT2D eigenvalue weighted by Gasteiger charge is 2.25. The Kier molecular flexibility index (Phi) is 5.71. The SMILES string of the molecule is CCc1ncnc(-c2ccc(C(=O)N3CCc4ncccc4C3)c(F)c2)c1-c1ccc(N)nc1. The summed E-state index contributed by atoms with van der Waals surface area (Å²) in [5.74, 6) is -0.513. The van der Waals surface area contributed by atoms with E-state index in [-0.39, 0.29) is 11.5 Å². The molecule has 0 fully saturated rings. The zero-order chi connectivity index (χ0) is 23.7. The minimum atomic E-state index is -0.586. The molecule has 0 spiro atoms. The van der Waals surface area contributed by atoms with Gasteiger partial charge in [-0.25, -0.2) is 19.3 Å². The van der Waals surface area contributed by atoms with Crippen LogP contribution in [0.15, 0.2) is 61.2 Å². The number of benzene rings is 1. The summed E-state index contributed by atoms with van der Waals surface area (Å²) in [6.07, 6.45) is 6.20. The van der Waals surface area contributed by atoms with E-state index in [1.165, 1.54) is 18.5 Å². The van der Waals surface area contributed by atoms with Gasteiger partial charge in [0.1, 0.15) is 18.0 Å². The molecule has 4 heterocycles. The van der Waals surface area contributed by atoms with Crippen molar-refractivity contribution in [1.82, 2.24) is 24.8 Å². The van der Waals surface area contributed by atoms with Crippen molar-refractivity contribution in [3.8, 4) is 22.4 Å². The number of nitrogen functional groups attached to an aromatic ring is 1. The van der Waals surface area contributed by atoms with Crippen molar-refractivity contribution in [2.24, 2.45) is 0 Å². The number of amides is 1. The number of carbonyl (C=O) groups excluding carboxylic acids is 1. The van der Waals surface area contributed by atoms with Crippen LogP contribution in [0.1, 0.15) is 34.2 Å². The lowest BCUT2D eigenvalue weighted by Crippen LogP contribution is -2.36. The Morgan fingerprint density at radius 3 is 2.71 bits per heavy atom. The molecule has 2 N–H and O–H groups in total. The van der Waals surface area contributed by atoms with Crippen molar-refractivity contribution < 1.29 is 9.18 Å². The Labute approximate surface area is 196 Å². The molecular weight excluding hydrogens is 431 g/mol. The Morgan fingerprint density at radius 1 is 1.09 bits per heavy atom. The number of anilines is 1. The van der Waals surface area contributed by atoms with Gasteiger partial charge < -0.3 is 10.6 Å². The fraction of sp³-hybridized carbons (Fsp3) is 0.192. The second-order valence-corrected chi connectivity index (χ2v) is 8.15. The van der Waals surface area contributed by atoms with Crippen molar-refractivity contribution in [2.75, 3.05) is 12.3 Å². The van der Waals surface area contributed by atoms with E-state index in [1.54, 1.807) is 29.4 Å². The first-order valence-corrected chi connectivity index (χ1v) is 11.1. The summed E-state index contributed by atoms with van der Waals surface area (Å²) in [6.45, 7) is 2.92. The zero-order valence-corrected chi connectivity index (χ0v) is 18.7. The molecule has 4 aromatic rings. The maximum Gasteiger partial charge on any atom is 0.257 e. The third-order valence-corrected chi connectivity index (χ3v) is 6.06. The summed E-state index contributed by atoms with van der Waals surface area (Å²) in [5.41, 5.74) is 11.3. The number of hydrogen-bond donors (Lipinski definition) is 1. The van der Waals surface area contributed by atoms with Crippen LogP contribution >= 0.6 is 0 Å². The van der Waals surface area contributed by atoms with Crippen molar-refractivity contribution in [2.45, 2.75) is 26.3 Å². The average Bonchev–Trinajstić information content (AvgIpc) is 2.88. The fourth-order valence-electron chi connectivity index (χ4n) is 4.31. The van der Waals surface area contributed by atoms with Crippen LogP contribution in [0.25, 0.3) is 22.4 Å². The van der Waals surface area contributed by atoms with Gasteiger partial charge in [0.15, 0.2) is 0 Å². The molecule has 0 saturated carbocycles. The van der Waals surface area contributed by atoms with Gasteiger partial charge in [-0.2, -0.15) is 0 Å². The molecule has 0 aliphatic carbocycles. The number of aryl methyl sites for hydroxylation is 1. The molecule has 3 aromatic heterocycles. The third-order valence-electron chi connectivity index (χ3n) is 6.06. The van der Waals surface area contributed by atoms with E-state index in [2.05, 4.69) is 19.9 Å². The molecule has 0 radical (unpaired) electrons. The summed E-state index contributed by atoms with van der Waals surface area (Å²) < 4.78 is 15.3. The van der Waals surface area contributed by atoms with Gasteiger partial charge in [-0.1, -0.05) is 19.1 Å². The number of nitrogens with two attached hydrogens (primary N) is 1. The van der Waals surface area contributed by atoms with E-state index in [0.29, 0.717) is 43.0 Å². The number of nitrogens with zero attached hydrogens (tertiary/aromatic N) is 5. The summed E-state index contributed by atoms with van der Waals surface area (Å²) in [4.78, 5) is 32.2. The standard InChI is InChI=1S/C26H23FN6O/c1-2-21-24(17-6-8-23(28)30-13-17)25(32-15-31-21)16-5-7-19(20(27)12-16)26(34)33-11-9-22-18(14-33)4-3-10-29-22/h3-8,10,12-13,15H,2,9,11,14H2,1H3,(H2,28,30). The highest BCUT2D eigenvalue weighted by Crippen LogP contribution is 2.33. The predicted octanol–water partition coefficient (Wildman–Crippen LogP) is 4.08. The molecule has 1 aliphatic heterocycles. The highest BCUT2D eigenvalue weighted by molar-refractivity contribution is 5.95. The highest BCUT2D eigenvalue weighted by atomic mass is 19.1. The second kappa shape index (κ2) is 8.97. The number of pyridine rings is 2. The van der Waals surface area contributed by atoms with E-state index in [0.717, 1.165) is 28.1 Å². The van der Waals surface area contributed by atoms with Crippen molar-refractivity contribution >= 4 is 11.7 Å². The van der Waals surface area contributed by atoms with Crippen LogP contribution in [0.3, 0.4) is 0 Å². The molecule has 0 bridgehead atoms. The van der Waals surface area contributed by atoms with Gasteiger partial charge in [0.25, 0.3) is 5.91 Å². The Hall–Kier alpha value is -4.20. The van der Waals surface area contributed by atoms with E-state index >= 15 is 4.39 Å². The van der Waals surface area contributed by atoms with E-state index in [9.17, 15) is 4.79 Å². The molecule has 0 atom stereocenters. The first kappa shape index (κ1) is 21.6. The average molecular weight is 455 g/mol. The van der Waals surface area contributed by atoms with Gasteiger partial charge in [-0.3, -0.25) is 9.78 Å². The number of aromatic nitrogens is 4. The van der Waals surface area contributed by atoms with E-state index < -0.39 is 5.82 Å². The quantitative estimate of drug-likeness (QED) is 0.499. The lowest BCUT2D eigenvalue weighted by molar-refractivity contribution is 0.0729. The first-order valence-electron chi connectivity index (χ1n) is 11.1. The zero-order valence-electron chi connectivity index (χ0n) is 18.7. The van der Waals surface area contributed by atoms with Gasteiger partial charge in [0.2, 0.25) is 0 Å². The van der Waals surface area contributed by atoms with Gasteiger partial charge in [-0.05, 0) is 42.3 Å². The molecule has 34 heavy (non-hydrogen) atoms. The van der Waals surface area contributed by atoms with Crippen LogP contribution in [0.5, 0.6) is 0 Å². The number of hydrogen-bond acceptors (Lipinski definition) is 6. The van der Waals surface area contributed by atoms with Crippen LogP contribution in [0, 0.1) is 5.82 Å². The summed E-state index contributed by atoms with van der Waals surface area (Å²) >= 11 is 0. The van der Waals surface area contributed by atoms with Gasteiger partial charge in [-0.15, -0.1) is 0 Å². The smallest absolute Gasteiger partial charge is 0.257 e. The minimum absolute atomic E-state index is 0.0385. The van der Waals surface area contributed by atoms with Crippen LogP contribution < -0.4 is 5.73 Å². The summed E-state index contributed by atoms with van der Waals surface area (Å²) in [6, 6.07) is 12.0. The molecule has 8 heteroatoms. The van der Waals surface area contributed by atoms with E-state index in [1.807, 2.05) is 25.1 Å². The van der Waals surface area contributed by atoms with Crippen LogP contribution in [0.4, 0.5) is 10.2 Å². The van der Waals surface area contributed by atoms with E-state index in [4.69, 9.17) is 5.73 Å². The van der Waals surface area contributed by atoms with Crippen LogP contribution in [-0.2, 0) is 19.4 Å². The van der Waals surface area contributed by atoms with Crippen LogP contribution in [0.2, 0.25) is 0 Å². The normalized spacial score (nSPS) is 12.9. The summed E-state index contributed by atoms with van der Waals surface area (Å²) in [7, 11) is 0. The monoisotopic (exact) mass is 454 g/mol. The van der Waals surface area contributed by atoms with Gasteiger partial charge in [0, 0.05) is 54.3 Å². The molecule has 7 nitrogen and oxygen atoms in total. The Balaban J connectivity index is 1.49. The first-order chi connectivity index (χ1) is 16.5. The Bertz CT molecular complexity index is 1370. The molecule has 170 valence electrons. The largest absolute Gasteiger partial charge is 0.384 e. The van der Waals surface area contributed by atoms with Gasteiger partial charge >= 0.3 is 0 Å². The molecule has 1 amide bonds. The second-order valence-electron chi connectivity index (χ2n) is 8.15. The molecule has 0 saturated heterocycles. The Morgan fingerprint density at radius 2 is 1.94 bits per heavy atom. The molecule has 5 rings (SSSR count). The fourth-order valence-corrected chi connectivity index (χ4v) is 4.31. The maximum absolute atomic E-state index is 15.3. The topological polar surface area (TPSA) is 97.9 Å². The lowest BCUT2D eigenvalue weighted by atomic mass is 9.96. The lowest BCUT2D eigenvalue weighted by Gasteiger charge is -2.28. The minimum Gasteiger partial charge on any atom is -0.384 e. The van der Waals surface area contributed by atoms with Crippen LogP contribution in [-0.4, -0.2) is 37.3 Å².